The number of terminal acetylenes is 1. The molecule has 0 bridgehead atoms. The first-order chi connectivity index (χ1) is 14.8. The van der Waals surface area contributed by atoms with E-state index in [1.54, 1.807) is 0 Å². The predicted octanol–water partition coefficient (Wildman–Crippen LogP) is 7.17. The molecule has 0 spiro atoms. The number of fused-ring (bicyclic) bond motifs is 5. The smallest absolute Gasteiger partial charge is 0.250 e. The minimum Gasteiger partial charge on any atom is -0.543 e. The second-order valence-corrected chi connectivity index (χ2v) is 17.7. The third kappa shape index (κ3) is 3.40. The van der Waals surface area contributed by atoms with Gasteiger partial charge >= 0.3 is 0 Å². The van der Waals surface area contributed by atoms with Gasteiger partial charge in [0.2, 0.25) is 8.32 Å². The number of aliphatic hydroxyl groups is 1. The maximum Gasteiger partial charge on any atom is 0.250 e. The number of benzene rings is 1. The predicted molar refractivity (Wildman–Crippen MR) is 136 cm³/mol. The molecule has 3 aliphatic rings. The lowest BCUT2D eigenvalue weighted by molar-refractivity contribution is -0.0789. The Bertz CT molecular complexity index is 922. The molecule has 0 amide bonds. The second kappa shape index (κ2) is 7.64. The zero-order valence-electron chi connectivity index (χ0n) is 21.6. The molecular weight excluding hydrogens is 408 g/mol. The standard InChI is InChI=1S/C29H44O2Si/c1-10-20-16-21-17-22(31-32(8,9)27(4,5)6)12-13-23(21)24-14-15-28(7)26(25(20)24)19(3)18-29(28,30)11-2/h2,12-13,17,19-20,24-26,30H,10,14-16,18H2,1,3-9H3/t19-,20-,24-,25-,26+,28+,29+/m1/s1. The van der Waals surface area contributed by atoms with Crippen molar-refractivity contribution in [2.24, 2.45) is 29.1 Å². The van der Waals surface area contributed by atoms with Crippen LogP contribution in [0.2, 0.25) is 18.1 Å². The molecule has 0 aromatic heterocycles. The Balaban J connectivity index is 1.70. The van der Waals surface area contributed by atoms with Crippen molar-refractivity contribution in [2.75, 3.05) is 0 Å². The second-order valence-electron chi connectivity index (χ2n) is 12.9. The average Bonchev–Trinajstić information content (AvgIpc) is 2.91. The van der Waals surface area contributed by atoms with Crippen molar-refractivity contribution in [3.05, 3.63) is 29.3 Å². The summed E-state index contributed by atoms with van der Waals surface area (Å²) in [6.07, 6.45) is 11.1. The highest BCUT2D eigenvalue weighted by Crippen LogP contribution is 2.67. The highest BCUT2D eigenvalue weighted by Gasteiger charge is 2.64. The van der Waals surface area contributed by atoms with Crippen molar-refractivity contribution in [1.82, 2.24) is 0 Å². The van der Waals surface area contributed by atoms with Crippen LogP contribution in [0.5, 0.6) is 5.75 Å². The van der Waals surface area contributed by atoms with Gasteiger partial charge in [-0.1, -0.05) is 60.0 Å². The van der Waals surface area contributed by atoms with Crippen LogP contribution in [0.1, 0.15) is 84.3 Å². The van der Waals surface area contributed by atoms with Gasteiger partial charge < -0.3 is 9.53 Å². The molecule has 7 atom stereocenters. The molecule has 2 saturated carbocycles. The summed E-state index contributed by atoms with van der Waals surface area (Å²) in [6, 6.07) is 6.96. The molecule has 32 heavy (non-hydrogen) atoms. The van der Waals surface area contributed by atoms with E-state index in [1.165, 1.54) is 17.5 Å². The number of rotatable bonds is 3. The van der Waals surface area contributed by atoms with Crippen molar-refractivity contribution in [3.8, 4) is 18.1 Å². The van der Waals surface area contributed by atoms with Gasteiger partial charge in [0, 0.05) is 5.41 Å². The molecule has 0 radical (unpaired) electrons. The summed E-state index contributed by atoms with van der Waals surface area (Å²) in [4.78, 5) is 0. The van der Waals surface area contributed by atoms with E-state index in [9.17, 15) is 5.11 Å². The number of hydrogen-bond acceptors (Lipinski definition) is 2. The summed E-state index contributed by atoms with van der Waals surface area (Å²) in [5.41, 5.74) is 1.91. The topological polar surface area (TPSA) is 29.5 Å². The van der Waals surface area contributed by atoms with Crippen LogP contribution in [-0.4, -0.2) is 19.0 Å². The van der Waals surface area contributed by atoms with E-state index < -0.39 is 13.9 Å². The van der Waals surface area contributed by atoms with E-state index in [0.29, 0.717) is 29.6 Å². The van der Waals surface area contributed by atoms with E-state index in [0.717, 1.165) is 31.4 Å². The fourth-order valence-electron chi connectivity index (χ4n) is 7.48. The summed E-state index contributed by atoms with van der Waals surface area (Å²) >= 11 is 0. The molecule has 1 aromatic carbocycles. The summed E-state index contributed by atoms with van der Waals surface area (Å²) in [6.45, 7) is 18.5. The molecule has 1 aromatic rings. The van der Waals surface area contributed by atoms with E-state index in [-0.39, 0.29) is 10.5 Å². The lowest BCUT2D eigenvalue weighted by Gasteiger charge is -2.55. The van der Waals surface area contributed by atoms with Crippen LogP contribution in [-0.2, 0) is 6.42 Å². The third-order valence-corrected chi connectivity index (χ3v) is 14.6. The molecular formula is C29H44O2Si. The number of hydrogen-bond donors (Lipinski definition) is 1. The van der Waals surface area contributed by atoms with Crippen LogP contribution in [0.15, 0.2) is 18.2 Å². The molecule has 4 rings (SSSR count). The van der Waals surface area contributed by atoms with Gasteiger partial charge in [-0.15, -0.1) is 6.42 Å². The lowest BCUT2D eigenvalue weighted by Crippen LogP contribution is -2.52. The molecule has 3 heteroatoms. The van der Waals surface area contributed by atoms with Gasteiger partial charge in [0.05, 0.1) is 0 Å². The van der Waals surface area contributed by atoms with Crippen LogP contribution in [0.4, 0.5) is 0 Å². The first-order valence-electron chi connectivity index (χ1n) is 12.8. The van der Waals surface area contributed by atoms with Crippen molar-refractivity contribution in [2.45, 2.75) is 103 Å². The molecule has 0 heterocycles. The highest BCUT2D eigenvalue weighted by molar-refractivity contribution is 6.74. The fraction of sp³-hybridized carbons (Fsp3) is 0.724. The average molecular weight is 453 g/mol. The Morgan fingerprint density at radius 2 is 1.97 bits per heavy atom. The summed E-state index contributed by atoms with van der Waals surface area (Å²) in [5.74, 6) is 6.67. The molecule has 3 aliphatic carbocycles. The first-order valence-corrected chi connectivity index (χ1v) is 15.7. The Hall–Kier alpha value is -1.24. The zero-order chi connectivity index (χ0) is 23.7. The van der Waals surface area contributed by atoms with Crippen LogP contribution in [0.25, 0.3) is 0 Å². The van der Waals surface area contributed by atoms with E-state index in [1.807, 2.05) is 0 Å². The Morgan fingerprint density at radius 1 is 1.28 bits per heavy atom. The van der Waals surface area contributed by atoms with E-state index in [2.05, 4.69) is 78.8 Å². The highest BCUT2D eigenvalue weighted by atomic mass is 28.4. The van der Waals surface area contributed by atoms with Gasteiger partial charge in [0.25, 0.3) is 0 Å². The van der Waals surface area contributed by atoms with Crippen LogP contribution >= 0.6 is 0 Å². The molecule has 0 aliphatic heterocycles. The first kappa shape index (κ1) is 23.9. The monoisotopic (exact) mass is 452 g/mol. The fourth-order valence-corrected chi connectivity index (χ4v) is 8.50. The Kier molecular flexibility index (Phi) is 5.71. The molecule has 2 nitrogen and oxygen atoms in total. The lowest BCUT2D eigenvalue weighted by atomic mass is 9.49. The van der Waals surface area contributed by atoms with Gasteiger partial charge in [-0.05, 0) is 96.7 Å². The van der Waals surface area contributed by atoms with Crippen LogP contribution in [0, 0.1) is 41.4 Å². The zero-order valence-corrected chi connectivity index (χ0v) is 22.6. The van der Waals surface area contributed by atoms with E-state index >= 15 is 0 Å². The van der Waals surface area contributed by atoms with Gasteiger partial charge in [-0.2, -0.15) is 0 Å². The van der Waals surface area contributed by atoms with Gasteiger partial charge in [0.15, 0.2) is 0 Å². The molecule has 176 valence electrons. The summed E-state index contributed by atoms with van der Waals surface area (Å²) in [7, 11) is -1.85. The molecule has 2 fully saturated rings. The minimum absolute atomic E-state index is 0.168. The van der Waals surface area contributed by atoms with Crippen molar-refractivity contribution >= 4 is 8.32 Å². The normalized spacial score (nSPS) is 38.9. The van der Waals surface area contributed by atoms with Gasteiger partial charge in [-0.3, -0.25) is 0 Å². The quantitative estimate of drug-likeness (QED) is 0.389. The van der Waals surface area contributed by atoms with Gasteiger partial charge in [0.1, 0.15) is 11.4 Å². The Morgan fingerprint density at radius 3 is 2.56 bits per heavy atom. The molecule has 0 unspecified atom stereocenters. The van der Waals surface area contributed by atoms with Crippen molar-refractivity contribution in [1.29, 1.82) is 0 Å². The third-order valence-electron chi connectivity index (χ3n) is 10.2. The van der Waals surface area contributed by atoms with E-state index in [4.69, 9.17) is 10.8 Å². The summed E-state index contributed by atoms with van der Waals surface area (Å²) < 4.78 is 6.67. The minimum atomic E-state index is -1.85. The Labute approximate surface area is 197 Å². The SMILES string of the molecule is C#C[C@]1(O)C[C@@H](C)[C@H]2[C@@H]3[C@H](CC)Cc4cc(O[Si](C)(C)C(C)(C)C)ccc4[C@H]3CC[C@@]21C. The summed E-state index contributed by atoms with van der Waals surface area (Å²) in [5, 5.41) is 11.6. The van der Waals surface area contributed by atoms with Crippen LogP contribution in [0.3, 0.4) is 0 Å². The van der Waals surface area contributed by atoms with Crippen LogP contribution < -0.4 is 4.43 Å². The maximum absolute atomic E-state index is 11.4. The maximum atomic E-state index is 11.4. The van der Waals surface area contributed by atoms with Crippen molar-refractivity contribution in [3.63, 3.8) is 0 Å². The molecule has 0 saturated heterocycles. The largest absolute Gasteiger partial charge is 0.543 e. The van der Waals surface area contributed by atoms with Gasteiger partial charge in [-0.25, -0.2) is 0 Å². The van der Waals surface area contributed by atoms with Crippen molar-refractivity contribution < 1.29 is 9.53 Å². The molecule has 1 N–H and O–H groups in total.